The van der Waals surface area contributed by atoms with Crippen LogP contribution >= 0.6 is 11.5 Å². The first kappa shape index (κ1) is 15.7. The van der Waals surface area contributed by atoms with Crippen molar-refractivity contribution in [2.24, 2.45) is 0 Å². The summed E-state index contributed by atoms with van der Waals surface area (Å²) in [6.07, 6.45) is 3.64. The van der Waals surface area contributed by atoms with E-state index in [2.05, 4.69) is 58.9 Å². The van der Waals surface area contributed by atoms with Crippen LogP contribution < -0.4 is 5.32 Å². The lowest BCUT2D eigenvalue weighted by molar-refractivity contribution is 0.862. The van der Waals surface area contributed by atoms with Gasteiger partial charge in [0.15, 0.2) is 0 Å². The molecule has 1 unspecified atom stereocenters. The second kappa shape index (κ2) is 6.92. The Hall–Kier alpha value is -2.20. The van der Waals surface area contributed by atoms with E-state index >= 15 is 0 Å². The first-order valence-electron chi connectivity index (χ1n) is 7.83. The Labute approximate surface area is 141 Å². The zero-order chi connectivity index (χ0) is 16.2. The molecule has 3 nitrogen and oxygen atoms in total. The molecule has 23 heavy (non-hydrogen) atoms. The van der Waals surface area contributed by atoms with Crippen molar-refractivity contribution >= 4 is 17.2 Å². The molecule has 4 heteroatoms. The van der Waals surface area contributed by atoms with Crippen LogP contribution in [0.5, 0.6) is 0 Å². The maximum Gasteiger partial charge on any atom is 0.0877 e. The number of hydrogen-bond acceptors (Lipinski definition) is 4. The summed E-state index contributed by atoms with van der Waals surface area (Å²) in [4.78, 5) is 5.40. The molecule has 1 aromatic carbocycles. The highest BCUT2D eigenvalue weighted by atomic mass is 32.1. The minimum Gasteiger partial charge on any atom is -0.372 e. The van der Waals surface area contributed by atoms with Gasteiger partial charge in [0.05, 0.1) is 22.3 Å². The normalized spacial score (nSPS) is 12.3. The molecule has 2 aromatic heterocycles. The lowest BCUT2D eigenvalue weighted by atomic mass is 9.98. The first-order valence-corrected chi connectivity index (χ1v) is 8.60. The van der Waals surface area contributed by atoms with Gasteiger partial charge in [0, 0.05) is 12.4 Å². The summed E-state index contributed by atoms with van der Waals surface area (Å²) in [5.74, 6) is 0.541. The minimum absolute atomic E-state index is 0.0895. The van der Waals surface area contributed by atoms with Gasteiger partial charge in [-0.25, -0.2) is 0 Å². The van der Waals surface area contributed by atoms with Gasteiger partial charge in [-0.05, 0) is 53.7 Å². The average Bonchev–Trinajstić information content (AvgIpc) is 3.00. The Morgan fingerprint density at radius 1 is 1.04 bits per heavy atom. The summed E-state index contributed by atoms with van der Waals surface area (Å²) in [7, 11) is 0. The molecule has 3 rings (SSSR count). The molecule has 0 saturated heterocycles. The lowest BCUT2D eigenvalue weighted by Crippen LogP contribution is -2.11. The fourth-order valence-electron chi connectivity index (χ4n) is 2.53. The van der Waals surface area contributed by atoms with Gasteiger partial charge in [0.25, 0.3) is 0 Å². The van der Waals surface area contributed by atoms with Crippen LogP contribution in [0.2, 0.25) is 0 Å². The highest BCUT2D eigenvalue weighted by Crippen LogP contribution is 2.30. The zero-order valence-electron chi connectivity index (χ0n) is 13.7. The molecule has 1 N–H and O–H groups in total. The number of nitrogens with zero attached hydrogens (tertiary/aromatic N) is 2. The monoisotopic (exact) mass is 323 g/mol. The Morgan fingerprint density at radius 2 is 1.78 bits per heavy atom. The van der Waals surface area contributed by atoms with E-state index in [1.165, 1.54) is 16.0 Å². The van der Waals surface area contributed by atoms with E-state index in [4.69, 9.17) is 0 Å². The Morgan fingerprint density at radius 3 is 2.35 bits per heavy atom. The van der Waals surface area contributed by atoms with Crippen LogP contribution in [-0.2, 0) is 0 Å². The van der Waals surface area contributed by atoms with Gasteiger partial charge in [-0.1, -0.05) is 38.1 Å². The standard InChI is InChI=1S/C19H21N3S/c1-13(2)15-6-8-16(9-7-15)19(18-11-14(3)22-23-18)21-17-5-4-10-20-12-17/h4-13,19,21H,1-3H3. The quantitative estimate of drug-likeness (QED) is 0.703. The van der Waals surface area contributed by atoms with Crippen molar-refractivity contribution in [3.05, 3.63) is 76.6 Å². The average molecular weight is 323 g/mol. The third kappa shape index (κ3) is 3.77. The van der Waals surface area contributed by atoms with Gasteiger partial charge < -0.3 is 5.32 Å². The molecule has 118 valence electrons. The summed E-state index contributed by atoms with van der Waals surface area (Å²) in [6, 6.07) is 15.1. The first-order chi connectivity index (χ1) is 11.1. The smallest absolute Gasteiger partial charge is 0.0877 e. The molecule has 0 fully saturated rings. The van der Waals surface area contributed by atoms with E-state index in [9.17, 15) is 0 Å². The predicted octanol–water partition coefficient (Wildman–Crippen LogP) is 5.17. The van der Waals surface area contributed by atoms with Crippen LogP contribution in [0.15, 0.2) is 54.9 Å². The Bertz CT molecular complexity index is 748. The van der Waals surface area contributed by atoms with Crippen LogP contribution in [0.25, 0.3) is 0 Å². The molecule has 0 amide bonds. The third-order valence-corrected chi connectivity index (χ3v) is 4.78. The molecule has 0 radical (unpaired) electrons. The van der Waals surface area contributed by atoms with Gasteiger partial charge in [-0.3, -0.25) is 4.98 Å². The van der Waals surface area contributed by atoms with E-state index in [0.29, 0.717) is 5.92 Å². The molecule has 0 aliphatic carbocycles. The molecule has 3 aromatic rings. The van der Waals surface area contributed by atoms with Crippen LogP contribution in [0, 0.1) is 6.92 Å². The van der Waals surface area contributed by atoms with Gasteiger partial charge in [0.2, 0.25) is 0 Å². The number of aryl methyl sites for hydroxylation is 1. The van der Waals surface area contributed by atoms with E-state index in [-0.39, 0.29) is 6.04 Å². The second-order valence-electron chi connectivity index (χ2n) is 6.01. The van der Waals surface area contributed by atoms with Crippen molar-refractivity contribution in [1.29, 1.82) is 0 Å². The summed E-state index contributed by atoms with van der Waals surface area (Å²) >= 11 is 1.55. The summed E-state index contributed by atoms with van der Waals surface area (Å²) < 4.78 is 4.44. The minimum atomic E-state index is 0.0895. The number of nitrogens with one attached hydrogen (secondary N) is 1. The van der Waals surface area contributed by atoms with Gasteiger partial charge >= 0.3 is 0 Å². The van der Waals surface area contributed by atoms with Crippen molar-refractivity contribution < 1.29 is 0 Å². The summed E-state index contributed by atoms with van der Waals surface area (Å²) in [5.41, 5.74) is 4.66. The van der Waals surface area contributed by atoms with Crippen LogP contribution in [0.3, 0.4) is 0 Å². The summed E-state index contributed by atoms with van der Waals surface area (Å²) in [6.45, 7) is 6.46. The molecule has 0 bridgehead atoms. The molecule has 1 atom stereocenters. The molecule has 0 saturated carbocycles. The highest BCUT2D eigenvalue weighted by molar-refractivity contribution is 7.06. The number of benzene rings is 1. The van der Waals surface area contributed by atoms with E-state index in [1.54, 1.807) is 17.7 Å². The summed E-state index contributed by atoms with van der Waals surface area (Å²) in [5, 5.41) is 3.58. The molecular formula is C19H21N3S. The largest absolute Gasteiger partial charge is 0.372 e. The lowest BCUT2D eigenvalue weighted by Gasteiger charge is -2.19. The topological polar surface area (TPSA) is 37.8 Å². The number of anilines is 1. The zero-order valence-corrected chi connectivity index (χ0v) is 14.5. The van der Waals surface area contributed by atoms with E-state index in [1.807, 2.05) is 25.3 Å². The maximum absolute atomic E-state index is 4.44. The van der Waals surface area contributed by atoms with Crippen molar-refractivity contribution in [3.63, 3.8) is 0 Å². The van der Waals surface area contributed by atoms with Crippen LogP contribution in [0.1, 0.15) is 47.5 Å². The van der Waals surface area contributed by atoms with Crippen LogP contribution in [0.4, 0.5) is 5.69 Å². The maximum atomic E-state index is 4.44. The molecule has 2 heterocycles. The Balaban J connectivity index is 1.94. The second-order valence-corrected chi connectivity index (χ2v) is 6.85. The third-order valence-electron chi connectivity index (χ3n) is 3.84. The number of aromatic nitrogens is 2. The highest BCUT2D eigenvalue weighted by Gasteiger charge is 2.17. The van der Waals surface area contributed by atoms with Crippen molar-refractivity contribution in [1.82, 2.24) is 9.36 Å². The van der Waals surface area contributed by atoms with Gasteiger partial charge in [-0.15, -0.1) is 0 Å². The number of hydrogen-bond donors (Lipinski definition) is 1. The molecule has 0 aliphatic rings. The number of pyridine rings is 1. The number of rotatable bonds is 5. The Kier molecular flexibility index (Phi) is 4.72. The van der Waals surface area contributed by atoms with Crippen molar-refractivity contribution in [3.8, 4) is 0 Å². The van der Waals surface area contributed by atoms with Crippen molar-refractivity contribution in [2.45, 2.75) is 32.7 Å². The van der Waals surface area contributed by atoms with Gasteiger partial charge in [0.1, 0.15) is 0 Å². The van der Waals surface area contributed by atoms with Crippen molar-refractivity contribution in [2.75, 3.05) is 5.32 Å². The van der Waals surface area contributed by atoms with Gasteiger partial charge in [-0.2, -0.15) is 4.37 Å². The SMILES string of the molecule is Cc1cc(C(Nc2cccnc2)c2ccc(C(C)C)cc2)sn1. The predicted molar refractivity (Wildman–Crippen MR) is 97.1 cm³/mol. The van der Waals surface area contributed by atoms with E-state index in [0.717, 1.165) is 11.4 Å². The molecule has 0 spiro atoms. The van der Waals surface area contributed by atoms with E-state index < -0.39 is 0 Å². The molecular weight excluding hydrogens is 302 g/mol. The fraction of sp³-hybridized carbons (Fsp3) is 0.263. The fourth-order valence-corrected chi connectivity index (χ4v) is 3.35. The van der Waals surface area contributed by atoms with Crippen LogP contribution in [-0.4, -0.2) is 9.36 Å². The molecule has 0 aliphatic heterocycles.